The number of carboxylic acid groups (broad SMARTS) is 1. The van der Waals surface area contributed by atoms with Gasteiger partial charge in [-0.05, 0) is 28.3 Å². The summed E-state index contributed by atoms with van der Waals surface area (Å²) in [6.45, 7) is 0.159. The van der Waals surface area contributed by atoms with Gasteiger partial charge in [0.2, 0.25) is 0 Å². The van der Waals surface area contributed by atoms with E-state index in [1.165, 1.54) is 0 Å². The molecule has 7 nitrogen and oxygen atoms in total. The fourth-order valence-electron chi connectivity index (χ4n) is 3.93. The molecule has 32 heavy (non-hydrogen) atoms. The number of pyridine rings is 1. The number of nitrogens with one attached hydrogen (secondary N) is 1. The van der Waals surface area contributed by atoms with Crippen molar-refractivity contribution in [3.63, 3.8) is 0 Å². The number of fused-ring (bicyclic) bond motifs is 3. The number of ether oxygens (including phenoxy) is 1. The van der Waals surface area contributed by atoms with Crippen molar-refractivity contribution >= 4 is 28.5 Å². The lowest BCUT2D eigenvalue weighted by molar-refractivity contribution is 0.0692. The van der Waals surface area contributed by atoms with Gasteiger partial charge in [0.05, 0.1) is 4.88 Å². The highest BCUT2D eigenvalue weighted by molar-refractivity contribution is 7.19. The number of hydrogen-bond acceptors (Lipinski definition) is 6. The van der Waals surface area contributed by atoms with Crippen LogP contribution in [0.2, 0.25) is 0 Å². The lowest BCUT2D eigenvalue weighted by Crippen LogP contribution is -2.18. The maximum absolute atomic E-state index is 12.5. The Bertz CT molecular complexity index is 1270. The lowest BCUT2D eigenvalue weighted by atomic mass is 9.98. The first-order valence-electron chi connectivity index (χ1n) is 9.88. The summed E-state index contributed by atoms with van der Waals surface area (Å²) in [6.07, 6.45) is 2.47. The van der Waals surface area contributed by atoms with Crippen molar-refractivity contribution < 1.29 is 19.4 Å². The van der Waals surface area contributed by atoms with Crippen molar-refractivity contribution in [2.45, 2.75) is 5.92 Å². The van der Waals surface area contributed by atoms with E-state index in [0.717, 1.165) is 33.6 Å². The van der Waals surface area contributed by atoms with Gasteiger partial charge in [-0.3, -0.25) is 10.3 Å². The van der Waals surface area contributed by atoms with Crippen molar-refractivity contribution in [3.05, 3.63) is 89.9 Å². The highest BCUT2D eigenvalue weighted by Crippen LogP contribution is 2.44. The molecule has 0 radical (unpaired) electrons. The van der Waals surface area contributed by atoms with Crippen LogP contribution in [-0.4, -0.2) is 33.7 Å². The van der Waals surface area contributed by atoms with Crippen LogP contribution in [0.3, 0.4) is 0 Å². The standard InChI is InChI=1S/C24H17N3O4S/c28-22(29)20-21(14-6-5-11-25-12-14)32-23(26-20)27-24(30)31-13-19-17-9-3-1-7-15(17)16-8-2-4-10-18(16)19/h1-12,19H,13H2,(H,28,29)(H,26,27,30). The maximum Gasteiger partial charge on any atom is 0.413 e. The van der Waals surface area contributed by atoms with Crippen LogP contribution in [0.15, 0.2) is 73.1 Å². The predicted molar refractivity (Wildman–Crippen MR) is 121 cm³/mol. The number of hydrogen-bond donors (Lipinski definition) is 2. The van der Waals surface area contributed by atoms with Gasteiger partial charge < -0.3 is 9.84 Å². The second-order valence-corrected chi connectivity index (χ2v) is 8.19. The Balaban J connectivity index is 1.33. The van der Waals surface area contributed by atoms with Gasteiger partial charge in [-0.25, -0.2) is 14.6 Å². The van der Waals surface area contributed by atoms with E-state index in [9.17, 15) is 14.7 Å². The number of carboxylic acids is 1. The molecule has 0 saturated heterocycles. The fraction of sp³-hybridized carbons (Fsp3) is 0.0833. The Hall–Kier alpha value is -4.04. The molecule has 2 aromatic heterocycles. The summed E-state index contributed by atoms with van der Waals surface area (Å²) >= 11 is 1.06. The Morgan fingerprint density at radius 1 is 1.00 bits per heavy atom. The van der Waals surface area contributed by atoms with Crippen molar-refractivity contribution in [1.29, 1.82) is 0 Å². The first-order valence-corrected chi connectivity index (χ1v) is 10.7. The van der Waals surface area contributed by atoms with E-state index >= 15 is 0 Å². The highest BCUT2D eigenvalue weighted by atomic mass is 32.1. The molecule has 1 aliphatic rings. The van der Waals surface area contributed by atoms with E-state index < -0.39 is 12.1 Å². The molecule has 158 valence electrons. The number of carbonyl (C=O) groups excluding carboxylic acids is 1. The fourth-order valence-corrected chi connectivity index (χ4v) is 4.87. The molecule has 2 aromatic carbocycles. The zero-order chi connectivity index (χ0) is 22.1. The largest absolute Gasteiger partial charge is 0.476 e. The summed E-state index contributed by atoms with van der Waals surface area (Å²) < 4.78 is 5.52. The minimum atomic E-state index is -1.18. The van der Waals surface area contributed by atoms with Crippen LogP contribution in [0, 0.1) is 0 Å². The highest BCUT2D eigenvalue weighted by Gasteiger charge is 2.29. The summed E-state index contributed by atoms with van der Waals surface area (Å²) in [5.41, 5.74) is 4.99. The summed E-state index contributed by atoms with van der Waals surface area (Å²) in [4.78, 5) is 32.6. The minimum Gasteiger partial charge on any atom is -0.476 e. The molecule has 0 saturated carbocycles. The topological polar surface area (TPSA) is 101 Å². The molecule has 2 N–H and O–H groups in total. The van der Waals surface area contributed by atoms with E-state index in [1.54, 1.807) is 24.5 Å². The molecule has 2 heterocycles. The number of amides is 1. The summed E-state index contributed by atoms with van der Waals surface area (Å²) in [6, 6.07) is 19.6. The normalized spacial score (nSPS) is 12.1. The summed E-state index contributed by atoms with van der Waals surface area (Å²) in [7, 11) is 0. The van der Waals surface area contributed by atoms with Gasteiger partial charge in [-0.15, -0.1) is 0 Å². The van der Waals surface area contributed by atoms with E-state index in [4.69, 9.17) is 4.74 Å². The molecule has 0 bridgehead atoms. The average molecular weight is 443 g/mol. The van der Waals surface area contributed by atoms with Gasteiger partial charge in [0.25, 0.3) is 0 Å². The Labute approximate surface area is 187 Å². The second kappa shape index (κ2) is 8.24. The van der Waals surface area contributed by atoms with E-state index in [1.807, 2.05) is 36.4 Å². The molecule has 1 amide bonds. The third kappa shape index (κ3) is 3.61. The molecular formula is C24H17N3O4S. The molecule has 0 spiro atoms. The molecule has 0 atom stereocenters. The number of anilines is 1. The van der Waals surface area contributed by atoms with Gasteiger partial charge in [0.1, 0.15) is 6.61 Å². The molecule has 4 aromatic rings. The smallest absolute Gasteiger partial charge is 0.413 e. The number of aromatic nitrogens is 2. The Morgan fingerprint density at radius 2 is 1.69 bits per heavy atom. The van der Waals surface area contributed by atoms with Gasteiger partial charge in [0, 0.05) is 23.9 Å². The zero-order valence-electron chi connectivity index (χ0n) is 16.7. The number of aromatic carboxylic acids is 1. The maximum atomic E-state index is 12.5. The predicted octanol–water partition coefficient (Wildman–Crippen LogP) is 5.26. The quantitative estimate of drug-likeness (QED) is 0.436. The van der Waals surface area contributed by atoms with Gasteiger partial charge in [-0.2, -0.15) is 0 Å². The number of nitrogens with zero attached hydrogens (tertiary/aromatic N) is 2. The summed E-state index contributed by atoms with van der Waals surface area (Å²) in [5, 5.41) is 12.2. The van der Waals surface area contributed by atoms with Crippen molar-refractivity contribution in [2.24, 2.45) is 0 Å². The molecule has 0 unspecified atom stereocenters. The number of thiazole rings is 1. The minimum absolute atomic E-state index is 0.0648. The molecule has 5 rings (SSSR count). The third-order valence-corrected chi connectivity index (χ3v) is 6.33. The van der Waals surface area contributed by atoms with Crippen molar-refractivity contribution in [1.82, 2.24) is 9.97 Å². The third-order valence-electron chi connectivity index (χ3n) is 5.31. The second-order valence-electron chi connectivity index (χ2n) is 7.19. The first-order chi connectivity index (χ1) is 15.6. The van der Waals surface area contributed by atoms with Crippen LogP contribution >= 0.6 is 11.3 Å². The average Bonchev–Trinajstić information content (AvgIpc) is 3.38. The Kier molecular flexibility index (Phi) is 5.12. The molecule has 0 fully saturated rings. The van der Waals surface area contributed by atoms with Crippen LogP contribution in [0.1, 0.15) is 27.5 Å². The van der Waals surface area contributed by atoms with E-state index in [2.05, 4.69) is 27.4 Å². The van der Waals surface area contributed by atoms with Crippen molar-refractivity contribution in [3.8, 4) is 21.6 Å². The van der Waals surface area contributed by atoms with Gasteiger partial charge in [-0.1, -0.05) is 65.9 Å². The number of carbonyl (C=O) groups is 2. The van der Waals surface area contributed by atoms with Crippen LogP contribution in [0.5, 0.6) is 0 Å². The van der Waals surface area contributed by atoms with E-state index in [0.29, 0.717) is 10.4 Å². The van der Waals surface area contributed by atoms with E-state index in [-0.39, 0.29) is 23.4 Å². The number of rotatable bonds is 5. The Morgan fingerprint density at radius 3 is 2.31 bits per heavy atom. The number of benzene rings is 2. The molecule has 0 aliphatic heterocycles. The van der Waals surface area contributed by atoms with Gasteiger partial charge in [0.15, 0.2) is 10.8 Å². The van der Waals surface area contributed by atoms with Crippen LogP contribution < -0.4 is 5.32 Å². The van der Waals surface area contributed by atoms with Crippen molar-refractivity contribution in [2.75, 3.05) is 11.9 Å². The molecule has 1 aliphatic carbocycles. The van der Waals surface area contributed by atoms with Gasteiger partial charge >= 0.3 is 12.1 Å². The van der Waals surface area contributed by atoms with Crippen LogP contribution in [0.25, 0.3) is 21.6 Å². The molecular weight excluding hydrogens is 426 g/mol. The monoisotopic (exact) mass is 443 g/mol. The van der Waals surface area contributed by atoms with Crippen LogP contribution in [0.4, 0.5) is 9.93 Å². The van der Waals surface area contributed by atoms with Crippen LogP contribution in [-0.2, 0) is 4.74 Å². The zero-order valence-corrected chi connectivity index (χ0v) is 17.5. The first kappa shape index (κ1) is 19.9. The lowest BCUT2D eigenvalue weighted by Gasteiger charge is -2.14. The molecule has 8 heteroatoms. The SMILES string of the molecule is O=C(Nc1nc(C(=O)O)c(-c2cccnc2)s1)OCC1c2ccccc2-c2ccccc21. The summed E-state index contributed by atoms with van der Waals surface area (Å²) in [5.74, 6) is -1.24.